The van der Waals surface area contributed by atoms with Gasteiger partial charge in [0.25, 0.3) is 0 Å². The number of hydrogen-bond acceptors (Lipinski definition) is 3. The van der Waals surface area contributed by atoms with Crippen LogP contribution in [0.4, 0.5) is 0 Å². The highest BCUT2D eigenvalue weighted by molar-refractivity contribution is 5.80. The van der Waals surface area contributed by atoms with Crippen LogP contribution < -0.4 is 5.32 Å². The minimum Gasteiger partial charge on any atom is -0.464 e. The molecular formula is C12H13NO2. The molecular weight excluding hydrogens is 190 g/mol. The van der Waals surface area contributed by atoms with Crippen LogP contribution in [0, 0.1) is 0 Å². The zero-order chi connectivity index (χ0) is 10.3. The van der Waals surface area contributed by atoms with E-state index in [1.807, 2.05) is 24.3 Å². The fourth-order valence-electron chi connectivity index (χ4n) is 2.27. The number of furan rings is 1. The lowest BCUT2D eigenvalue weighted by atomic mass is 10.0. The van der Waals surface area contributed by atoms with E-state index in [1.54, 1.807) is 6.26 Å². The summed E-state index contributed by atoms with van der Waals surface area (Å²) in [6.45, 7) is 0.864. The fraction of sp³-hybridized carbons (Fsp3) is 0.333. The molecule has 2 N–H and O–H groups in total. The molecule has 0 amide bonds. The molecule has 1 fully saturated rings. The summed E-state index contributed by atoms with van der Waals surface area (Å²) in [5, 5.41) is 14.2. The van der Waals surface area contributed by atoms with E-state index in [2.05, 4.69) is 5.32 Å². The van der Waals surface area contributed by atoms with Crippen LogP contribution in [0.15, 0.2) is 34.9 Å². The van der Waals surface area contributed by atoms with Crippen LogP contribution in [-0.4, -0.2) is 17.8 Å². The summed E-state index contributed by atoms with van der Waals surface area (Å²) in [5.41, 5.74) is 1.94. The van der Waals surface area contributed by atoms with E-state index in [4.69, 9.17) is 4.42 Å². The van der Waals surface area contributed by atoms with Crippen molar-refractivity contribution in [1.29, 1.82) is 0 Å². The monoisotopic (exact) mass is 203 g/mol. The molecule has 3 nitrogen and oxygen atoms in total. The van der Waals surface area contributed by atoms with Gasteiger partial charge < -0.3 is 14.8 Å². The number of hydrogen-bond donors (Lipinski definition) is 2. The topological polar surface area (TPSA) is 45.4 Å². The van der Waals surface area contributed by atoms with Gasteiger partial charge in [-0.15, -0.1) is 0 Å². The van der Waals surface area contributed by atoms with Gasteiger partial charge in [-0.3, -0.25) is 0 Å². The molecule has 15 heavy (non-hydrogen) atoms. The molecule has 3 heteroatoms. The van der Waals surface area contributed by atoms with Gasteiger partial charge >= 0.3 is 0 Å². The molecule has 2 unspecified atom stereocenters. The van der Waals surface area contributed by atoms with Crippen molar-refractivity contribution in [3.05, 3.63) is 36.1 Å². The Labute approximate surface area is 87.7 Å². The van der Waals surface area contributed by atoms with Gasteiger partial charge in [0, 0.05) is 10.9 Å². The maximum absolute atomic E-state index is 9.84. The number of aliphatic hydroxyl groups is 1. The second-order valence-corrected chi connectivity index (χ2v) is 3.97. The van der Waals surface area contributed by atoms with Gasteiger partial charge in [-0.2, -0.15) is 0 Å². The minimum atomic E-state index is -0.305. The second-order valence-electron chi connectivity index (χ2n) is 3.97. The van der Waals surface area contributed by atoms with Crippen LogP contribution in [0.2, 0.25) is 0 Å². The van der Waals surface area contributed by atoms with Gasteiger partial charge in [-0.1, -0.05) is 18.2 Å². The molecule has 1 aliphatic heterocycles. The molecule has 0 saturated carbocycles. The van der Waals surface area contributed by atoms with Crippen molar-refractivity contribution in [2.75, 3.05) is 6.54 Å². The summed E-state index contributed by atoms with van der Waals surface area (Å²) in [4.78, 5) is 0. The Morgan fingerprint density at radius 2 is 2.27 bits per heavy atom. The summed E-state index contributed by atoms with van der Waals surface area (Å²) in [7, 11) is 0. The van der Waals surface area contributed by atoms with E-state index in [-0.39, 0.29) is 12.1 Å². The van der Waals surface area contributed by atoms with Crippen LogP contribution in [-0.2, 0) is 0 Å². The smallest absolute Gasteiger partial charge is 0.138 e. The van der Waals surface area contributed by atoms with Crippen LogP contribution in [0.5, 0.6) is 0 Å². The number of aliphatic hydroxyl groups excluding tert-OH is 1. The van der Waals surface area contributed by atoms with E-state index >= 15 is 0 Å². The third-order valence-electron chi connectivity index (χ3n) is 3.03. The van der Waals surface area contributed by atoms with Crippen molar-refractivity contribution in [2.45, 2.75) is 18.6 Å². The van der Waals surface area contributed by atoms with E-state index < -0.39 is 0 Å². The van der Waals surface area contributed by atoms with Crippen molar-refractivity contribution in [3.8, 4) is 0 Å². The second kappa shape index (κ2) is 3.36. The number of fused-ring (bicyclic) bond motifs is 1. The summed E-state index contributed by atoms with van der Waals surface area (Å²) in [5.74, 6) is 0. The van der Waals surface area contributed by atoms with Crippen LogP contribution >= 0.6 is 0 Å². The van der Waals surface area contributed by atoms with E-state index in [0.29, 0.717) is 0 Å². The first-order valence-corrected chi connectivity index (χ1v) is 5.24. The van der Waals surface area contributed by atoms with Gasteiger partial charge in [0.15, 0.2) is 0 Å². The molecule has 0 bridgehead atoms. The Balaban J connectivity index is 2.13. The average molecular weight is 203 g/mol. The highest BCUT2D eigenvalue weighted by atomic mass is 16.3. The molecule has 2 atom stereocenters. The molecule has 0 aliphatic carbocycles. The first kappa shape index (κ1) is 8.95. The number of benzene rings is 1. The van der Waals surface area contributed by atoms with Crippen LogP contribution in [0.3, 0.4) is 0 Å². The van der Waals surface area contributed by atoms with Gasteiger partial charge in [0.1, 0.15) is 5.58 Å². The highest BCUT2D eigenvalue weighted by Gasteiger charge is 2.28. The van der Waals surface area contributed by atoms with Crippen molar-refractivity contribution >= 4 is 11.0 Å². The predicted molar refractivity (Wildman–Crippen MR) is 57.6 cm³/mol. The van der Waals surface area contributed by atoms with Crippen molar-refractivity contribution in [3.63, 3.8) is 0 Å². The van der Waals surface area contributed by atoms with Crippen molar-refractivity contribution in [1.82, 2.24) is 5.32 Å². The van der Waals surface area contributed by atoms with Crippen molar-refractivity contribution < 1.29 is 9.52 Å². The molecule has 0 spiro atoms. The van der Waals surface area contributed by atoms with E-state index in [9.17, 15) is 5.11 Å². The Hall–Kier alpha value is -1.32. The zero-order valence-corrected chi connectivity index (χ0v) is 8.31. The van der Waals surface area contributed by atoms with Crippen LogP contribution in [0.1, 0.15) is 18.0 Å². The first-order chi connectivity index (χ1) is 7.36. The largest absolute Gasteiger partial charge is 0.464 e. The summed E-state index contributed by atoms with van der Waals surface area (Å²) in [6, 6.07) is 7.99. The summed E-state index contributed by atoms with van der Waals surface area (Å²) >= 11 is 0. The van der Waals surface area contributed by atoms with Gasteiger partial charge in [0.05, 0.1) is 18.4 Å². The molecule has 1 aliphatic rings. The lowest BCUT2D eigenvalue weighted by Gasteiger charge is -2.15. The zero-order valence-electron chi connectivity index (χ0n) is 8.31. The number of nitrogens with one attached hydrogen (secondary N) is 1. The third-order valence-corrected chi connectivity index (χ3v) is 3.03. The fourth-order valence-corrected chi connectivity index (χ4v) is 2.27. The Bertz CT molecular complexity index is 477. The summed E-state index contributed by atoms with van der Waals surface area (Å²) < 4.78 is 5.46. The highest BCUT2D eigenvalue weighted by Crippen LogP contribution is 2.30. The molecule has 1 aromatic heterocycles. The molecule has 2 aromatic rings. The molecule has 0 radical (unpaired) electrons. The van der Waals surface area contributed by atoms with Crippen molar-refractivity contribution in [2.24, 2.45) is 0 Å². The minimum absolute atomic E-state index is 0.0137. The van der Waals surface area contributed by atoms with E-state index in [1.165, 1.54) is 0 Å². The SMILES string of the molecule is OC1CCNC1c1cccc2ccoc12. The Morgan fingerprint density at radius 3 is 3.07 bits per heavy atom. The molecule has 2 heterocycles. The van der Waals surface area contributed by atoms with Gasteiger partial charge in [-0.25, -0.2) is 0 Å². The maximum Gasteiger partial charge on any atom is 0.138 e. The third kappa shape index (κ3) is 1.35. The molecule has 1 aromatic carbocycles. The standard InChI is InChI=1S/C12H13NO2/c14-10-4-6-13-11(10)9-3-1-2-8-5-7-15-12(8)9/h1-3,5,7,10-11,13-14H,4,6H2. The summed E-state index contributed by atoms with van der Waals surface area (Å²) in [6.07, 6.45) is 2.19. The molecule has 3 rings (SSSR count). The van der Waals surface area contributed by atoms with Gasteiger partial charge in [0.2, 0.25) is 0 Å². The lowest BCUT2D eigenvalue weighted by Crippen LogP contribution is -2.20. The lowest BCUT2D eigenvalue weighted by molar-refractivity contribution is 0.160. The molecule has 1 saturated heterocycles. The number of para-hydroxylation sites is 1. The predicted octanol–water partition coefficient (Wildman–Crippen LogP) is 1.83. The van der Waals surface area contributed by atoms with Crippen LogP contribution in [0.25, 0.3) is 11.0 Å². The normalized spacial score (nSPS) is 26.2. The number of rotatable bonds is 1. The first-order valence-electron chi connectivity index (χ1n) is 5.24. The molecule has 78 valence electrons. The maximum atomic E-state index is 9.84. The Kier molecular flexibility index (Phi) is 2.01. The quantitative estimate of drug-likeness (QED) is 0.743. The average Bonchev–Trinajstić information content (AvgIpc) is 2.85. The van der Waals surface area contributed by atoms with E-state index in [0.717, 1.165) is 29.5 Å². The van der Waals surface area contributed by atoms with Gasteiger partial charge in [-0.05, 0) is 19.0 Å². The Morgan fingerprint density at radius 1 is 1.33 bits per heavy atom.